The molecule has 0 aliphatic carbocycles. The van der Waals surface area contributed by atoms with E-state index in [0.29, 0.717) is 42.3 Å². The molecule has 8 nitrogen and oxygen atoms in total. The van der Waals surface area contributed by atoms with Crippen molar-refractivity contribution < 1.29 is 14.3 Å². The zero-order valence-electron chi connectivity index (χ0n) is 21.1. The molecule has 0 saturated carbocycles. The molecular weight excluding hydrogens is 454 g/mol. The van der Waals surface area contributed by atoms with Crippen molar-refractivity contribution in [2.24, 2.45) is 7.05 Å². The molecule has 1 atom stereocenters. The Kier molecular flexibility index (Phi) is 7.63. The van der Waals surface area contributed by atoms with Crippen LogP contribution in [-0.2, 0) is 13.5 Å². The number of pyridine rings is 1. The first kappa shape index (κ1) is 24.9. The lowest BCUT2D eigenvalue weighted by Crippen LogP contribution is -2.41. The second-order valence-corrected chi connectivity index (χ2v) is 8.83. The SMILES string of the molecule is COc1cc(C(=O)N(C)[C@H](CCNC(=O)c2nc3ccccc3n2C)Cc2ccccc2)cc(C)n1. The number of para-hydroxylation sites is 2. The maximum atomic E-state index is 13.4. The number of hydrogen-bond donors (Lipinski definition) is 1. The van der Waals surface area contributed by atoms with Gasteiger partial charge in [-0.05, 0) is 43.5 Å². The van der Waals surface area contributed by atoms with E-state index in [2.05, 4.69) is 15.3 Å². The van der Waals surface area contributed by atoms with E-state index in [1.807, 2.05) is 68.6 Å². The molecule has 2 aromatic carbocycles. The third-order valence-corrected chi connectivity index (χ3v) is 6.32. The molecule has 0 unspecified atom stereocenters. The van der Waals surface area contributed by atoms with Crippen LogP contribution in [0.4, 0.5) is 0 Å². The van der Waals surface area contributed by atoms with E-state index in [0.717, 1.165) is 16.6 Å². The number of rotatable bonds is 9. The first-order valence-electron chi connectivity index (χ1n) is 11.9. The van der Waals surface area contributed by atoms with Gasteiger partial charge in [0.2, 0.25) is 5.88 Å². The Hall–Kier alpha value is -4.20. The van der Waals surface area contributed by atoms with Gasteiger partial charge in [-0.1, -0.05) is 42.5 Å². The van der Waals surface area contributed by atoms with Crippen LogP contribution in [0, 0.1) is 6.92 Å². The van der Waals surface area contributed by atoms with Gasteiger partial charge in [-0.2, -0.15) is 0 Å². The van der Waals surface area contributed by atoms with E-state index >= 15 is 0 Å². The minimum absolute atomic E-state index is 0.124. The lowest BCUT2D eigenvalue weighted by atomic mass is 10.0. The van der Waals surface area contributed by atoms with Gasteiger partial charge in [0, 0.05) is 44.0 Å². The Morgan fingerprint density at radius 3 is 2.50 bits per heavy atom. The number of imidazole rings is 1. The summed E-state index contributed by atoms with van der Waals surface area (Å²) in [7, 11) is 5.16. The summed E-state index contributed by atoms with van der Waals surface area (Å²) in [5.41, 5.74) is 4.02. The van der Waals surface area contributed by atoms with Gasteiger partial charge in [0.1, 0.15) is 0 Å². The maximum absolute atomic E-state index is 13.4. The molecular formula is C28H31N5O3. The Labute approximate surface area is 210 Å². The maximum Gasteiger partial charge on any atom is 0.287 e. The van der Waals surface area contributed by atoms with Gasteiger partial charge in [-0.15, -0.1) is 0 Å². The first-order chi connectivity index (χ1) is 17.4. The molecule has 0 aliphatic heterocycles. The van der Waals surface area contributed by atoms with Crippen LogP contribution in [-0.4, -0.2) is 58.0 Å². The molecule has 186 valence electrons. The number of nitrogens with one attached hydrogen (secondary N) is 1. The van der Waals surface area contributed by atoms with Gasteiger partial charge in [0.05, 0.1) is 18.1 Å². The standard InChI is InChI=1S/C28H31N5O3/c1-19-16-21(18-25(30-19)36-4)28(35)32(2)22(17-20-10-6-5-7-11-20)14-15-29-27(34)26-31-23-12-8-9-13-24(23)33(26)3/h5-13,16,18,22H,14-15,17H2,1-4H3,(H,29,34)/t22-/m1/s1. The quantitative estimate of drug-likeness (QED) is 0.390. The van der Waals surface area contributed by atoms with Crippen LogP contribution < -0.4 is 10.1 Å². The molecule has 8 heteroatoms. The molecule has 0 spiro atoms. The highest BCUT2D eigenvalue weighted by Crippen LogP contribution is 2.18. The van der Waals surface area contributed by atoms with Gasteiger partial charge in [0.15, 0.2) is 5.82 Å². The number of carbonyl (C=O) groups is 2. The molecule has 36 heavy (non-hydrogen) atoms. The monoisotopic (exact) mass is 485 g/mol. The number of aromatic nitrogens is 3. The van der Waals surface area contributed by atoms with Gasteiger partial charge in [0.25, 0.3) is 11.8 Å². The third-order valence-electron chi connectivity index (χ3n) is 6.32. The average molecular weight is 486 g/mol. The van der Waals surface area contributed by atoms with Crippen LogP contribution in [0.1, 0.15) is 38.7 Å². The number of amides is 2. The predicted molar refractivity (Wildman–Crippen MR) is 139 cm³/mol. The lowest BCUT2D eigenvalue weighted by molar-refractivity contribution is 0.0722. The van der Waals surface area contributed by atoms with Crippen LogP contribution in [0.15, 0.2) is 66.7 Å². The fourth-order valence-corrected chi connectivity index (χ4v) is 4.33. The zero-order chi connectivity index (χ0) is 25.7. The smallest absolute Gasteiger partial charge is 0.287 e. The van der Waals surface area contributed by atoms with Gasteiger partial charge in [-0.3, -0.25) is 9.59 Å². The Balaban J connectivity index is 1.49. The molecule has 0 fully saturated rings. The zero-order valence-corrected chi connectivity index (χ0v) is 21.1. The van der Waals surface area contributed by atoms with Crippen molar-refractivity contribution in [3.05, 3.63) is 89.4 Å². The number of fused-ring (bicyclic) bond motifs is 1. The summed E-state index contributed by atoms with van der Waals surface area (Å²) >= 11 is 0. The van der Waals surface area contributed by atoms with E-state index in [4.69, 9.17) is 4.74 Å². The van der Waals surface area contributed by atoms with Gasteiger partial charge in [-0.25, -0.2) is 9.97 Å². The molecule has 0 bridgehead atoms. The number of likely N-dealkylation sites (N-methyl/N-ethyl adjacent to an activating group) is 1. The van der Waals surface area contributed by atoms with E-state index in [-0.39, 0.29) is 17.9 Å². The van der Waals surface area contributed by atoms with Crippen LogP contribution in [0.5, 0.6) is 5.88 Å². The first-order valence-corrected chi connectivity index (χ1v) is 11.9. The van der Waals surface area contributed by atoms with Crippen molar-refractivity contribution in [1.82, 2.24) is 24.8 Å². The molecule has 2 heterocycles. The number of aryl methyl sites for hydroxylation is 2. The molecule has 4 aromatic rings. The minimum atomic E-state index is -0.240. The Morgan fingerprint density at radius 2 is 1.78 bits per heavy atom. The van der Waals surface area contributed by atoms with Crippen LogP contribution in [0.3, 0.4) is 0 Å². The van der Waals surface area contributed by atoms with Crippen LogP contribution in [0.2, 0.25) is 0 Å². The van der Waals surface area contributed by atoms with E-state index in [1.165, 1.54) is 7.11 Å². The van der Waals surface area contributed by atoms with Crippen molar-refractivity contribution in [3.8, 4) is 5.88 Å². The summed E-state index contributed by atoms with van der Waals surface area (Å²) < 4.78 is 7.04. The van der Waals surface area contributed by atoms with Crippen LogP contribution in [0.25, 0.3) is 11.0 Å². The molecule has 1 N–H and O–H groups in total. The Bertz CT molecular complexity index is 1370. The van der Waals surface area contributed by atoms with Crippen LogP contribution >= 0.6 is 0 Å². The highest BCUT2D eigenvalue weighted by Gasteiger charge is 2.23. The normalized spacial score (nSPS) is 11.8. The number of methoxy groups -OCH3 is 1. The summed E-state index contributed by atoms with van der Waals surface area (Å²) in [4.78, 5) is 36.8. The molecule has 2 amide bonds. The molecule has 2 aromatic heterocycles. The van der Waals surface area contributed by atoms with E-state index < -0.39 is 0 Å². The fraction of sp³-hybridized carbons (Fsp3) is 0.286. The average Bonchev–Trinajstić information content (AvgIpc) is 3.24. The summed E-state index contributed by atoms with van der Waals surface area (Å²) in [6.45, 7) is 2.23. The molecule has 0 radical (unpaired) electrons. The molecule has 0 saturated heterocycles. The second-order valence-electron chi connectivity index (χ2n) is 8.83. The largest absolute Gasteiger partial charge is 0.481 e. The van der Waals surface area contributed by atoms with E-state index in [1.54, 1.807) is 28.6 Å². The lowest BCUT2D eigenvalue weighted by Gasteiger charge is -2.29. The third kappa shape index (κ3) is 5.54. The van der Waals surface area contributed by atoms with Crippen molar-refractivity contribution >= 4 is 22.8 Å². The fourth-order valence-electron chi connectivity index (χ4n) is 4.33. The summed E-state index contributed by atoms with van der Waals surface area (Å²) in [5, 5.41) is 2.99. The number of carbonyl (C=O) groups excluding carboxylic acids is 2. The Morgan fingerprint density at radius 1 is 1.06 bits per heavy atom. The highest BCUT2D eigenvalue weighted by molar-refractivity contribution is 5.95. The van der Waals surface area contributed by atoms with Crippen molar-refractivity contribution in [2.75, 3.05) is 20.7 Å². The van der Waals surface area contributed by atoms with E-state index in [9.17, 15) is 9.59 Å². The number of hydrogen-bond acceptors (Lipinski definition) is 5. The van der Waals surface area contributed by atoms with Gasteiger partial charge >= 0.3 is 0 Å². The number of nitrogens with zero attached hydrogens (tertiary/aromatic N) is 4. The highest BCUT2D eigenvalue weighted by atomic mass is 16.5. The summed E-state index contributed by atoms with van der Waals surface area (Å²) in [6.07, 6.45) is 1.24. The topological polar surface area (TPSA) is 89.4 Å². The molecule has 0 aliphatic rings. The number of benzene rings is 2. The number of ether oxygens (including phenoxy) is 1. The van der Waals surface area contributed by atoms with Crippen molar-refractivity contribution in [2.45, 2.75) is 25.8 Å². The van der Waals surface area contributed by atoms with Crippen molar-refractivity contribution in [1.29, 1.82) is 0 Å². The summed E-state index contributed by atoms with van der Waals surface area (Å²) in [6, 6.07) is 20.9. The minimum Gasteiger partial charge on any atom is -0.481 e. The second kappa shape index (κ2) is 11.0. The van der Waals surface area contributed by atoms with Gasteiger partial charge < -0.3 is 19.5 Å². The van der Waals surface area contributed by atoms with Crippen molar-refractivity contribution in [3.63, 3.8) is 0 Å². The predicted octanol–water partition coefficient (Wildman–Crippen LogP) is 3.79. The summed E-state index contributed by atoms with van der Waals surface area (Å²) in [5.74, 6) is 0.401. The molecule has 4 rings (SSSR count).